The molecule has 5 nitrogen and oxygen atoms in total. The van der Waals surface area contributed by atoms with Crippen LogP contribution in [0.3, 0.4) is 0 Å². The number of nitrogens with zero attached hydrogens (tertiary/aromatic N) is 3. The van der Waals surface area contributed by atoms with E-state index >= 15 is 0 Å². The van der Waals surface area contributed by atoms with E-state index in [1.807, 2.05) is 0 Å². The smallest absolute Gasteiger partial charge is 0.234 e. The quantitative estimate of drug-likeness (QED) is 0.876. The fourth-order valence-corrected chi connectivity index (χ4v) is 3.95. The minimum atomic E-state index is 0.193. The van der Waals surface area contributed by atoms with Crippen LogP contribution >= 0.6 is 0 Å². The Morgan fingerprint density at radius 1 is 1.12 bits per heavy atom. The number of hydrogen-bond donors (Lipinski definition) is 1. The number of benzene rings is 1. The Balaban J connectivity index is 1.38. The van der Waals surface area contributed by atoms with Crippen LogP contribution in [0.2, 0.25) is 0 Å². The summed E-state index contributed by atoms with van der Waals surface area (Å²) in [5.41, 5.74) is 1.37. The van der Waals surface area contributed by atoms with E-state index in [1.165, 1.54) is 5.56 Å². The molecule has 2 aliphatic rings. The van der Waals surface area contributed by atoms with Crippen molar-refractivity contribution in [3.63, 3.8) is 0 Å². The predicted octanol–water partition coefficient (Wildman–Crippen LogP) is 1.40. The summed E-state index contributed by atoms with van der Waals surface area (Å²) in [6, 6.07) is 11.4. The summed E-state index contributed by atoms with van der Waals surface area (Å²) in [5, 5.41) is 3.26. The number of likely N-dealkylation sites (N-methyl/N-ethyl adjacent to an activating group) is 1. The van der Waals surface area contributed by atoms with Crippen molar-refractivity contribution >= 4 is 5.91 Å². The summed E-state index contributed by atoms with van der Waals surface area (Å²) in [4.78, 5) is 19.5. The zero-order valence-electron chi connectivity index (χ0n) is 15.7. The highest BCUT2D eigenvalue weighted by molar-refractivity contribution is 5.78. The number of hydrogen-bond acceptors (Lipinski definition) is 4. The Kier molecular flexibility index (Phi) is 6.45. The largest absolute Gasteiger partial charge is 0.352 e. The van der Waals surface area contributed by atoms with Crippen molar-refractivity contribution in [2.24, 2.45) is 0 Å². The molecule has 138 valence electrons. The van der Waals surface area contributed by atoms with E-state index in [9.17, 15) is 4.79 Å². The van der Waals surface area contributed by atoms with Crippen molar-refractivity contribution in [2.75, 3.05) is 46.3 Å². The fourth-order valence-electron chi connectivity index (χ4n) is 3.95. The van der Waals surface area contributed by atoms with Gasteiger partial charge in [0.15, 0.2) is 0 Å². The monoisotopic (exact) mass is 344 g/mol. The summed E-state index contributed by atoms with van der Waals surface area (Å²) in [6.07, 6.45) is 2.10. The first kappa shape index (κ1) is 18.4. The molecule has 1 atom stereocenters. The summed E-state index contributed by atoms with van der Waals surface area (Å²) < 4.78 is 0. The molecule has 2 fully saturated rings. The molecule has 2 aliphatic heterocycles. The third-order valence-corrected chi connectivity index (χ3v) is 5.52. The lowest BCUT2D eigenvalue weighted by atomic mass is 10.0. The van der Waals surface area contributed by atoms with Crippen molar-refractivity contribution in [3.05, 3.63) is 35.9 Å². The van der Waals surface area contributed by atoms with E-state index in [-0.39, 0.29) is 5.91 Å². The van der Waals surface area contributed by atoms with E-state index in [4.69, 9.17) is 0 Å². The van der Waals surface area contributed by atoms with Crippen LogP contribution in [0, 0.1) is 0 Å². The standard InChI is InChI=1S/C20H32N4O/c1-17-14-22(2)12-13-24(17)16-20(25)21-19-8-10-23(11-9-19)15-18-6-4-3-5-7-18/h3-7,17,19H,8-16H2,1-2H3,(H,21,25)/t17-/m0/s1. The number of likely N-dealkylation sites (tertiary alicyclic amines) is 1. The van der Waals surface area contributed by atoms with Crippen molar-refractivity contribution < 1.29 is 4.79 Å². The Hall–Kier alpha value is -1.43. The van der Waals surface area contributed by atoms with Crippen molar-refractivity contribution in [1.29, 1.82) is 0 Å². The lowest BCUT2D eigenvalue weighted by Crippen LogP contribution is -2.54. The second-order valence-corrected chi connectivity index (χ2v) is 7.69. The summed E-state index contributed by atoms with van der Waals surface area (Å²) >= 11 is 0. The number of rotatable bonds is 5. The molecule has 0 aromatic heterocycles. The van der Waals surface area contributed by atoms with Crippen LogP contribution in [-0.4, -0.2) is 79.0 Å². The summed E-state index contributed by atoms with van der Waals surface area (Å²) in [5.74, 6) is 0.193. The minimum absolute atomic E-state index is 0.193. The molecule has 5 heteroatoms. The van der Waals surface area contributed by atoms with E-state index in [2.05, 4.69) is 64.3 Å². The normalized spacial score (nSPS) is 24.3. The molecule has 25 heavy (non-hydrogen) atoms. The first-order valence-corrected chi connectivity index (χ1v) is 9.58. The molecular formula is C20H32N4O. The molecule has 0 bridgehead atoms. The van der Waals surface area contributed by atoms with Gasteiger partial charge in [-0.15, -0.1) is 0 Å². The Labute approximate surface area is 152 Å². The van der Waals surface area contributed by atoms with Gasteiger partial charge in [0.2, 0.25) is 5.91 Å². The van der Waals surface area contributed by atoms with Gasteiger partial charge in [-0.25, -0.2) is 0 Å². The molecule has 1 amide bonds. The molecule has 3 rings (SSSR count). The molecule has 1 aromatic rings. The molecule has 0 aliphatic carbocycles. The maximum atomic E-state index is 12.4. The zero-order valence-corrected chi connectivity index (χ0v) is 15.7. The molecular weight excluding hydrogens is 312 g/mol. The molecule has 2 heterocycles. The lowest BCUT2D eigenvalue weighted by molar-refractivity contribution is -0.124. The summed E-state index contributed by atoms with van der Waals surface area (Å²) in [7, 11) is 2.15. The zero-order chi connectivity index (χ0) is 17.6. The van der Waals surface area contributed by atoms with Crippen LogP contribution < -0.4 is 5.32 Å². The lowest BCUT2D eigenvalue weighted by Gasteiger charge is -2.38. The highest BCUT2D eigenvalue weighted by Crippen LogP contribution is 2.14. The number of carbonyl (C=O) groups excluding carboxylic acids is 1. The molecule has 2 saturated heterocycles. The van der Waals surface area contributed by atoms with Gasteiger partial charge in [-0.2, -0.15) is 0 Å². The van der Waals surface area contributed by atoms with E-state index in [0.29, 0.717) is 18.6 Å². The van der Waals surface area contributed by atoms with Crippen LogP contribution in [0.15, 0.2) is 30.3 Å². The van der Waals surface area contributed by atoms with Gasteiger partial charge in [0.1, 0.15) is 0 Å². The van der Waals surface area contributed by atoms with Gasteiger partial charge in [-0.05, 0) is 32.4 Å². The third-order valence-electron chi connectivity index (χ3n) is 5.52. The first-order valence-electron chi connectivity index (χ1n) is 9.58. The Morgan fingerprint density at radius 3 is 2.52 bits per heavy atom. The van der Waals surface area contributed by atoms with Gasteiger partial charge in [-0.1, -0.05) is 30.3 Å². The summed E-state index contributed by atoms with van der Waals surface area (Å²) in [6.45, 7) is 8.97. The van der Waals surface area contributed by atoms with E-state index < -0.39 is 0 Å². The maximum Gasteiger partial charge on any atom is 0.234 e. The molecule has 0 radical (unpaired) electrons. The molecule has 0 unspecified atom stereocenters. The Bertz CT molecular complexity index is 542. The number of amides is 1. The third kappa shape index (κ3) is 5.53. The molecule has 1 aromatic carbocycles. The van der Waals surface area contributed by atoms with Crippen molar-refractivity contribution in [1.82, 2.24) is 20.0 Å². The fraction of sp³-hybridized carbons (Fsp3) is 0.650. The first-order chi connectivity index (χ1) is 12.1. The van der Waals surface area contributed by atoms with Crippen LogP contribution in [0.4, 0.5) is 0 Å². The van der Waals surface area contributed by atoms with Crippen molar-refractivity contribution in [2.45, 2.75) is 38.4 Å². The second-order valence-electron chi connectivity index (χ2n) is 7.69. The van der Waals surface area contributed by atoms with Gasteiger partial charge in [-0.3, -0.25) is 14.6 Å². The predicted molar refractivity (Wildman–Crippen MR) is 101 cm³/mol. The highest BCUT2D eigenvalue weighted by atomic mass is 16.2. The van der Waals surface area contributed by atoms with Crippen LogP contribution in [-0.2, 0) is 11.3 Å². The molecule has 0 spiro atoms. The van der Waals surface area contributed by atoms with Crippen molar-refractivity contribution in [3.8, 4) is 0 Å². The van der Waals surface area contributed by atoms with Gasteiger partial charge in [0, 0.05) is 51.4 Å². The Morgan fingerprint density at radius 2 is 1.84 bits per heavy atom. The molecule has 1 N–H and O–H groups in total. The van der Waals surface area contributed by atoms with Gasteiger partial charge in [0.25, 0.3) is 0 Å². The number of nitrogens with one attached hydrogen (secondary N) is 1. The average Bonchev–Trinajstić information content (AvgIpc) is 2.60. The molecule has 0 saturated carbocycles. The van der Waals surface area contributed by atoms with Crippen LogP contribution in [0.25, 0.3) is 0 Å². The second kappa shape index (κ2) is 8.79. The van der Waals surface area contributed by atoms with Gasteiger partial charge in [0.05, 0.1) is 6.54 Å². The highest BCUT2D eigenvalue weighted by Gasteiger charge is 2.25. The van der Waals surface area contributed by atoms with Gasteiger partial charge >= 0.3 is 0 Å². The average molecular weight is 345 g/mol. The number of piperazine rings is 1. The number of carbonyl (C=O) groups is 1. The van der Waals surface area contributed by atoms with Gasteiger partial charge < -0.3 is 10.2 Å². The van der Waals surface area contributed by atoms with E-state index in [0.717, 1.165) is 52.1 Å². The SMILES string of the molecule is C[C@H]1CN(C)CCN1CC(=O)NC1CCN(Cc2ccccc2)CC1. The maximum absolute atomic E-state index is 12.4. The minimum Gasteiger partial charge on any atom is -0.352 e. The number of piperidine rings is 1. The van der Waals surface area contributed by atoms with Crippen LogP contribution in [0.1, 0.15) is 25.3 Å². The topological polar surface area (TPSA) is 38.8 Å². The van der Waals surface area contributed by atoms with Crippen LogP contribution in [0.5, 0.6) is 0 Å². The van der Waals surface area contributed by atoms with E-state index in [1.54, 1.807) is 0 Å².